The van der Waals surface area contributed by atoms with Crippen molar-refractivity contribution in [3.63, 3.8) is 0 Å². The number of nitrogens with one attached hydrogen (secondary N) is 1. The van der Waals surface area contributed by atoms with Gasteiger partial charge in [0.2, 0.25) is 0 Å². The van der Waals surface area contributed by atoms with Gasteiger partial charge in [0.25, 0.3) is 5.91 Å². The van der Waals surface area contributed by atoms with E-state index in [-0.39, 0.29) is 11.7 Å². The first-order valence-electron chi connectivity index (χ1n) is 6.57. The fourth-order valence-corrected chi connectivity index (χ4v) is 1.96. The number of halogens is 2. The van der Waals surface area contributed by atoms with E-state index >= 15 is 0 Å². The zero-order valence-electron chi connectivity index (χ0n) is 11.5. The van der Waals surface area contributed by atoms with Crippen LogP contribution in [-0.4, -0.2) is 12.0 Å². The Kier molecular flexibility index (Phi) is 5.17. The molecule has 0 saturated heterocycles. The number of anilines is 1. The molecule has 0 radical (unpaired) electrons. The SMILES string of the molecule is CC[C@H](Oc1ccc(F)cc1)C(=O)Nc1ccccc1Cl. The topological polar surface area (TPSA) is 38.3 Å². The quantitative estimate of drug-likeness (QED) is 0.895. The van der Waals surface area contributed by atoms with Crippen LogP contribution in [0.1, 0.15) is 13.3 Å². The van der Waals surface area contributed by atoms with Crippen LogP contribution in [0.5, 0.6) is 5.75 Å². The van der Waals surface area contributed by atoms with Gasteiger partial charge in [0.1, 0.15) is 11.6 Å². The number of rotatable bonds is 5. The summed E-state index contributed by atoms with van der Waals surface area (Å²) in [4.78, 5) is 12.2. The maximum atomic E-state index is 12.8. The van der Waals surface area contributed by atoms with E-state index in [1.807, 2.05) is 6.92 Å². The summed E-state index contributed by atoms with van der Waals surface area (Å²) in [7, 11) is 0. The second kappa shape index (κ2) is 7.09. The van der Waals surface area contributed by atoms with Crippen molar-refractivity contribution in [1.82, 2.24) is 0 Å². The largest absolute Gasteiger partial charge is 0.481 e. The van der Waals surface area contributed by atoms with Crippen molar-refractivity contribution in [2.24, 2.45) is 0 Å². The van der Waals surface area contributed by atoms with E-state index in [4.69, 9.17) is 16.3 Å². The molecule has 0 aliphatic heterocycles. The number of carbonyl (C=O) groups excluding carboxylic acids is 1. The smallest absolute Gasteiger partial charge is 0.265 e. The number of carbonyl (C=O) groups is 1. The summed E-state index contributed by atoms with van der Waals surface area (Å²) < 4.78 is 18.4. The van der Waals surface area contributed by atoms with Crippen molar-refractivity contribution in [3.05, 3.63) is 59.4 Å². The Morgan fingerprint density at radius 3 is 2.52 bits per heavy atom. The highest BCUT2D eigenvalue weighted by molar-refractivity contribution is 6.33. The molecule has 0 spiro atoms. The number of benzene rings is 2. The summed E-state index contributed by atoms with van der Waals surface area (Å²) in [6.07, 6.45) is -0.194. The van der Waals surface area contributed by atoms with Gasteiger partial charge in [-0.15, -0.1) is 0 Å². The van der Waals surface area contributed by atoms with E-state index in [1.54, 1.807) is 24.3 Å². The van der Waals surface area contributed by atoms with Gasteiger partial charge in [-0.1, -0.05) is 30.7 Å². The van der Waals surface area contributed by atoms with Crippen molar-refractivity contribution >= 4 is 23.2 Å². The van der Waals surface area contributed by atoms with Crippen molar-refractivity contribution in [2.75, 3.05) is 5.32 Å². The van der Waals surface area contributed by atoms with Crippen molar-refractivity contribution in [1.29, 1.82) is 0 Å². The second-order valence-electron chi connectivity index (χ2n) is 4.44. The van der Waals surface area contributed by atoms with E-state index in [0.717, 1.165) is 0 Å². The summed E-state index contributed by atoms with van der Waals surface area (Å²) in [6, 6.07) is 12.5. The molecule has 2 aromatic rings. The van der Waals surface area contributed by atoms with E-state index in [2.05, 4.69) is 5.32 Å². The van der Waals surface area contributed by atoms with Crippen LogP contribution in [-0.2, 0) is 4.79 Å². The van der Waals surface area contributed by atoms with Crippen molar-refractivity contribution < 1.29 is 13.9 Å². The molecule has 0 aromatic heterocycles. The minimum Gasteiger partial charge on any atom is -0.481 e. The minimum atomic E-state index is -0.674. The number of hydrogen-bond donors (Lipinski definition) is 1. The molecule has 0 unspecified atom stereocenters. The zero-order valence-corrected chi connectivity index (χ0v) is 12.2. The normalized spacial score (nSPS) is 11.8. The Morgan fingerprint density at radius 2 is 1.90 bits per heavy atom. The molecule has 110 valence electrons. The number of ether oxygens (including phenoxy) is 1. The van der Waals surface area contributed by atoms with Crippen LogP contribution in [0.4, 0.5) is 10.1 Å². The molecule has 1 N–H and O–H groups in total. The van der Waals surface area contributed by atoms with E-state index < -0.39 is 6.10 Å². The summed E-state index contributed by atoms with van der Waals surface area (Å²) in [5.41, 5.74) is 0.533. The first-order valence-corrected chi connectivity index (χ1v) is 6.95. The van der Waals surface area contributed by atoms with Gasteiger partial charge in [-0.05, 0) is 42.8 Å². The van der Waals surface area contributed by atoms with Gasteiger partial charge in [-0.25, -0.2) is 4.39 Å². The molecule has 1 amide bonds. The van der Waals surface area contributed by atoms with Gasteiger partial charge in [-0.2, -0.15) is 0 Å². The van der Waals surface area contributed by atoms with Gasteiger partial charge >= 0.3 is 0 Å². The first-order chi connectivity index (χ1) is 10.1. The monoisotopic (exact) mass is 307 g/mol. The number of para-hydroxylation sites is 1. The maximum Gasteiger partial charge on any atom is 0.265 e. The van der Waals surface area contributed by atoms with Crippen LogP contribution < -0.4 is 10.1 Å². The molecule has 2 aromatic carbocycles. The summed E-state index contributed by atoms with van der Waals surface area (Å²) in [5.74, 6) is -0.205. The fourth-order valence-electron chi connectivity index (χ4n) is 1.78. The third kappa shape index (κ3) is 4.20. The molecule has 3 nitrogen and oxygen atoms in total. The molecule has 0 aliphatic rings. The lowest BCUT2D eigenvalue weighted by Gasteiger charge is -2.17. The summed E-state index contributed by atoms with van der Waals surface area (Å²) >= 11 is 6.00. The number of amides is 1. The molecule has 0 heterocycles. The Hall–Kier alpha value is -2.07. The highest BCUT2D eigenvalue weighted by atomic mass is 35.5. The molecule has 2 rings (SSSR count). The highest BCUT2D eigenvalue weighted by Crippen LogP contribution is 2.21. The van der Waals surface area contributed by atoms with Gasteiger partial charge in [-0.3, -0.25) is 4.79 Å². The van der Waals surface area contributed by atoms with Crippen LogP contribution in [0, 0.1) is 5.82 Å². The van der Waals surface area contributed by atoms with E-state index in [9.17, 15) is 9.18 Å². The lowest BCUT2D eigenvalue weighted by Crippen LogP contribution is -2.32. The average Bonchev–Trinajstić information content (AvgIpc) is 2.49. The van der Waals surface area contributed by atoms with E-state index in [0.29, 0.717) is 22.9 Å². The van der Waals surface area contributed by atoms with E-state index in [1.165, 1.54) is 24.3 Å². The third-order valence-corrected chi connectivity index (χ3v) is 3.22. The van der Waals surface area contributed by atoms with Crippen LogP contribution in [0.15, 0.2) is 48.5 Å². The Labute approximate surface area is 127 Å². The molecule has 21 heavy (non-hydrogen) atoms. The highest BCUT2D eigenvalue weighted by Gasteiger charge is 2.19. The average molecular weight is 308 g/mol. The number of hydrogen-bond acceptors (Lipinski definition) is 2. The Balaban J connectivity index is 2.05. The van der Waals surface area contributed by atoms with Crippen molar-refractivity contribution in [3.8, 4) is 5.75 Å². The molecule has 0 saturated carbocycles. The molecule has 0 aliphatic carbocycles. The molecule has 0 fully saturated rings. The molecular formula is C16H15ClFNO2. The van der Waals surface area contributed by atoms with Crippen LogP contribution in [0.25, 0.3) is 0 Å². The van der Waals surface area contributed by atoms with Crippen LogP contribution in [0.3, 0.4) is 0 Å². The van der Waals surface area contributed by atoms with Crippen molar-refractivity contribution in [2.45, 2.75) is 19.4 Å². The predicted molar refractivity (Wildman–Crippen MR) is 81.2 cm³/mol. The molecule has 5 heteroatoms. The third-order valence-electron chi connectivity index (χ3n) is 2.89. The summed E-state index contributed by atoms with van der Waals surface area (Å²) in [6.45, 7) is 1.83. The molecular weight excluding hydrogens is 293 g/mol. The minimum absolute atomic E-state index is 0.296. The Bertz CT molecular complexity index is 616. The van der Waals surface area contributed by atoms with Gasteiger partial charge in [0, 0.05) is 0 Å². The molecule has 1 atom stereocenters. The standard InChI is InChI=1S/C16H15ClFNO2/c1-2-15(21-12-9-7-11(18)8-10-12)16(20)19-14-6-4-3-5-13(14)17/h3-10,15H,2H2,1H3,(H,19,20)/t15-/m0/s1. The maximum absolute atomic E-state index is 12.8. The predicted octanol–water partition coefficient (Wildman–Crippen LogP) is 4.28. The van der Waals surface area contributed by atoms with Gasteiger partial charge in [0.15, 0.2) is 6.10 Å². The first kappa shape index (κ1) is 15.3. The summed E-state index contributed by atoms with van der Waals surface area (Å²) in [5, 5.41) is 3.18. The van der Waals surface area contributed by atoms with Gasteiger partial charge < -0.3 is 10.1 Å². The van der Waals surface area contributed by atoms with Crippen LogP contribution >= 0.6 is 11.6 Å². The lowest BCUT2D eigenvalue weighted by atomic mass is 10.2. The fraction of sp³-hybridized carbons (Fsp3) is 0.188. The molecule has 0 bridgehead atoms. The van der Waals surface area contributed by atoms with Crippen LogP contribution in [0.2, 0.25) is 5.02 Å². The zero-order chi connectivity index (χ0) is 15.2. The lowest BCUT2D eigenvalue weighted by molar-refractivity contribution is -0.122. The second-order valence-corrected chi connectivity index (χ2v) is 4.84. The van der Waals surface area contributed by atoms with Gasteiger partial charge in [0.05, 0.1) is 10.7 Å². The Morgan fingerprint density at radius 1 is 1.24 bits per heavy atom.